The number of anilines is 1. The van der Waals surface area contributed by atoms with Crippen LogP contribution in [0.2, 0.25) is 0 Å². The molecule has 21 heavy (non-hydrogen) atoms. The zero-order valence-electron chi connectivity index (χ0n) is 11.5. The number of nitrogens with zero attached hydrogens (tertiary/aromatic N) is 2. The number of aryl methyl sites for hydroxylation is 1. The van der Waals surface area contributed by atoms with Gasteiger partial charge in [0.25, 0.3) is 5.91 Å². The van der Waals surface area contributed by atoms with Crippen molar-refractivity contribution in [3.63, 3.8) is 0 Å². The Morgan fingerprint density at radius 3 is 2.76 bits per heavy atom. The van der Waals surface area contributed by atoms with Crippen molar-refractivity contribution in [1.29, 1.82) is 0 Å². The first-order valence-electron chi connectivity index (χ1n) is 6.09. The van der Waals surface area contributed by atoms with Crippen LogP contribution in [0.3, 0.4) is 0 Å². The second kappa shape index (κ2) is 6.00. The Kier molecular flexibility index (Phi) is 4.13. The molecule has 0 unspecified atom stereocenters. The van der Waals surface area contributed by atoms with Gasteiger partial charge in [-0.05, 0) is 26.0 Å². The van der Waals surface area contributed by atoms with Crippen molar-refractivity contribution in [2.75, 3.05) is 5.32 Å². The summed E-state index contributed by atoms with van der Waals surface area (Å²) in [6.07, 6.45) is 3.70. The number of carboxylic acids is 1. The largest absolute Gasteiger partial charge is 0.478 e. The lowest BCUT2D eigenvalue weighted by Gasteiger charge is -2.04. The molecule has 0 radical (unpaired) electrons. The normalized spacial score (nSPS) is 10.8. The highest BCUT2D eigenvalue weighted by molar-refractivity contribution is 6.05. The standard InChI is InChI=1S/C14H13N3O4/c1-8-9(2)17-21-14(8)16-13(20)12-10(4-3-7-15-12)5-6-11(18)19/h3-7H,1-2H3,(H,16,20)(H,18,19)/b6-5+. The molecule has 0 fully saturated rings. The molecule has 108 valence electrons. The van der Waals surface area contributed by atoms with Gasteiger partial charge in [0.2, 0.25) is 5.88 Å². The molecule has 2 heterocycles. The summed E-state index contributed by atoms with van der Waals surface area (Å²) in [5.41, 5.74) is 1.90. The average Bonchev–Trinajstić information content (AvgIpc) is 2.77. The van der Waals surface area contributed by atoms with Crippen LogP contribution >= 0.6 is 0 Å². The molecule has 0 saturated heterocycles. The van der Waals surface area contributed by atoms with E-state index in [2.05, 4.69) is 15.5 Å². The fourth-order valence-corrected chi connectivity index (χ4v) is 1.60. The van der Waals surface area contributed by atoms with Gasteiger partial charge in [0, 0.05) is 23.4 Å². The summed E-state index contributed by atoms with van der Waals surface area (Å²) in [6.45, 7) is 3.53. The molecule has 2 N–H and O–H groups in total. The van der Waals surface area contributed by atoms with E-state index in [9.17, 15) is 9.59 Å². The van der Waals surface area contributed by atoms with E-state index >= 15 is 0 Å². The first kappa shape index (κ1) is 14.4. The highest BCUT2D eigenvalue weighted by atomic mass is 16.5. The minimum atomic E-state index is -1.10. The highest BCUT2D eigenvalue weighted by Crippen LogP contribution is 2.19. The molecule has 0 atom stereocenters. The van der Waals surface area contributed by atoms with Crippen LogP contribution in [-0.4, -0.2) is 27.1 Å². The molecule has 0 bridgehead atoms. The highest BCUT2D eigenvalue weighted by Gasteiger charge is 2.16. The summed E-state index contributed by atoms with van der Waals surface area (Å²) in [5, 5.41) is 15.0. The van der Waals surface area contributed by atoms with Crippen LogP contribution in [0.25, 0.3) is 6.08 Å². The van der Waals surface area contributed by atoms with Crippen molar-refractivity contribution >= 4 is 23.8 Å². The van der Waals surface area contributed by atoms with Crippen molar-refractivity contribution in [2.24, 2.45) is 0 Å². The van der Waals surface area contributed by atoms with Crippen LogP contribution in [0.15, 0.2) is 28.9 Å². The zero-order valence-corrected chi connectivity index (χ0v) is 11.5. The molecule has 0 aliphatic rings. The van der Waals surface area contributed by atoms with E-state index in [4.69, 9.17) is 9.63 Å². The summed E-state index contributed by atoms with van der Waals surface area (Å²) in [6, 6.07) is 3.21. The van der Waals surface area contributed by atoms with Crippen LogP contribution in [-0.2, 0) is 4.79 Å². The van der Waals surface area contributed by atoms with Crippen LogP contribution < -0.4 is 5.32 Å². The van der Waals surface area contributed by atoms with E-state index in [0.29, 0.717) is 11.3 Å². The number of nitrogens with one attached hydrogen (secondary N) is 1. The minimum absolute atomic E-state index is 0.100. The van der Waals surface area contributed by atoms with Gasteiger partial charge in [-0.2, -0.15) is 0 Å². The predicted molar refractivity (Wildman–Crippen MR) is 74.8 cm³/mol. The topological polar surface area (TPSA) is 105 Å². The maximum atomic E-state index is 12.2. The lowest BCUT2D eigenvalue weighted by Crippen LogP contribution is -2.15. The van der Waals surface area contributed by atoms with Crippen molar-refractivity contribution in [2.45, 2.75) is 13.8 Å². The molecule has 7 nitrogen and oxygen atoms in total. The maximum Gasteiger partial charge on any atom is 0.328 e. The van der Waals surface area contributed by atoms with Gasteiger partial charge in [0.05, 0.1) is 5.69 Å². The number of rotatable bonds is 4. The maximum absolute atomic E-state index is 12.2. The van der Waals surface area contributed by atoms with Gasteiger partial charge < -0.3 is 9.63 Å². The van der Waals surface area contributed by atoms with Gasteiger partial charge in [0.15, 0.2) is 0 Å². The Labute approximate surface area is 120 Å². The van der Waals surface area contributed by atoms with Gasteiger partial charge in [-0.15, -0.1) is 0 Å². The summed E-state index contributed by atoms with van der Waals surface area (Å²) >= 11 is 0. The summed E-state index contributed by atoms with van der Waals surface area (Å²) in [7, 11) is 0. The quantitative estimate of drug-likeness (QED) is 0.833. The van der Waals surface area contributed by atoms with Crippen molar-refractivity contribution < 1.29 is 19.2 Å². The molecule has 2 aromatic heterocycles. The predicted octanol–water partition coefficient (Wildman–Crippen LogP) is 2.04. The molecule has 0 aromatic carbocycles. The van der Waals surface area contributed by atoms with Crippen LogP contribution in [0.1, 0.15) is 27.3 Å². The number of carboxylic acid groups (broad SMARTS) is 1. The number of aromatic nitrogens is 2. The molecule has 2 aromatic rings. The lowest BCUT2D eigenvalue weighted by molar-refractivity contribution is -0.131. The van der Waals surface area contributed by atoms with Crippen molar-refractivity contribution in [3.8, 4) is 0 Å². The fraction of sp³-hybridized carbons (Fsp3) is 0.143. The molecular formula is C14H13N3O4. The smallest absolute Gasteiger partial charge is 0.328 e. The van der Waals surface area contributed by atoms with Crippen molar-refractivity contribution in [3.05, 3.63) is 46.9 Å². The molecule has 2 rings (SSSR count). The third kappa shape index (κ3) is 3.33. The Morgan fingerprint density at radius 1 is 1.38 bits per heavy atom. The monoisotopic (exact) mass is 287 g/mol. The Bertz CT molecular complexity index is 719. The minimum Gasteiger partial charge on any atom is -0.478 e. The fourth-order valence-electron chi connectivity index (χ4n) is 1.60. The third-order valence-corrected chi connectivity index (χ3v) is 2.84. The molecule has 0 saturated carbocycles. The van der Waals surface area contributed by atoms with E-state index in [1.165, 1.54) is 12.3 Å². The molecule has 1 amide bonds. The Balaban J connectivity index is 2.27. The number of pyridine rings is 1. The van der Waals surface area contributed by atoms with E-state index in [-0.39, 0.29) is 11.6 Å². The van der Waals surface area contributed by atoms with E-state index in [0.717, 1.165) is 11.6 Å². The lowest BCUT2D eigenvalue weighted by atomic mass is 10.1. The summed E-state index contributed by atoms with van der Waals surface area (Å²) in [4.78, 5) is 26.7. The van der Waals surface area contributed by atoms with Gasteiger partial charge >= 0.3 is 5.97 Å². The van der Waals surface area contributed by atoms with E-state index in [1.807, 2.05) is 0 Å². The zero-order chi connectivity index (χ0) is 15.4. The van der Waals surface area contributed by atoms with E-state index in [1.54, 1.807) is 26.0 Å². The number of aliphatic carboxylic acids is 1. The van der Waals surface area contributed by atoms with Crippen LogP contribution in [0.4, 0.5) is 5.88 Å². The number of carbonyl (C=O) groups excluding carboxylic acids is 1. The number of carbonyl (C=O) groups is 2. The molecule has 7 heteroatoms. The molecule has 0 aliphatic heterocycles. The Morgan fingerprint density at radius 2 is 2.14 bits per heavy atom. The first-order valence-corrected chi connectivity index (χ1v) is 6.09. The average molecular weight is 287 g/mol. The van der Waals surface area contributed by atoms with Gasteiger partial charge in [-0.25, -0.2) is 4.79 Å². The first-order chi connectivity index (χ1) is 9.99. The SMILES string of the molecule is Cc1noc(NC(=O)c2ncccc2/C=C/C(=O)O)c1C. The van der Waals surface area contributed by atoms with Gasteiger partial charge in [0.1, 0.15) is 5.69 Å². The van der Waals surface area contributed by atoms with Gasteiger partial charge in [-0.1, -0.05) is 11.2 Å². The summed E-state index contributed by atoms with van der Waals surface area (Å²) in [5.74, 6) is -1.36. The summed E-state index contributed by atoms with van der Waals surface area (Å²) < 4.78 is 5.00. The van der Waals surface area contributed by atoms with Crippen LogP contribution in [0, 0.1) is 13.8 Å². The number of hydrogen-bond acceptors (Lipinski definition) is 5. The third-order valence-electron chi connectivity index (χ3n) is 2.84. The second-order valence-electron chi connectivity index (χ2n) is 4.29. The number of hydrogen-bond donors (Lipinski definition) is 2. The van der Waals surface area contributed by atoms with Crippen molar-refractivity contribution in [1.82, 2.24) is 10.1 Å². The molecule has 0 aliphatic carbocycles. The molecular weight excluding hydrogens is 274 g/mol. The van der Waals surface area contributed by atoms with E-state index < -0.39 is 11.9 Å². The Hall–Kier alpha value is -2.96. The van der Waals surface area contributed by atoms with Gasteiger partial charge in [-0.3, -0.25) is 15.1 Å². The second-order valence-corrected chi connectivity index (χ2v) is 4.29. The number of amides is 1. The molecule has 0 spiro atoms. The van der Waals surface area contributed by atoms with Crippen LogP contribution in [0.5, 0.6) is 0 Å².